The molecule has 0 aliphatic carbocycles. The highest BCUT2D eigenvalue weighted by Crippen LogP contribution is 2.17. The molecule has 1 aromatic rings. The summed E-state index contributed by atoms with van der Waals surface area (Å²) in [5.74, 6) is -0.348. The van der Waals surface area contributed by atoms with E-state index in [1.807, 2.05) is 24.6 Å². The molecule has 0 saturated carbocycles. The molecule has 1 rings (SSSR count). The van der Waals surface area contributed by atoms with Crippen LogP contribution in [-0.4, -0.2) is 30.1 Å². The molecule has 0 spiro atoms. The molecule has 0 aromatic carbocycles. The summed E-state index contributed by atoms with van der Waals surface area (Å²) in [6.45, 7) is 4.05. The molecular formula is C13H20N2O3. The first-order valence-corrected chi connectivity index (χ1v) is 5.95. The van der Waals surface area contributed by atoms with Crippen molar-refractivity contribution in [2.24, 2.45) is 7.05 Å². The lowest BCUT2D eigenvalue weighted by Crippen LogP contribution is -2.21. The second-order valence-electron chi connectivity index (χ2n) is 4.28. The van der Waals surface area contributed by atoms with Crippen molar-refractivity contribution >= 4 is 11.9 Å². The van der Waals surface area contributed by atoms with Crippen LogP contribution < -0.4 is 5.32 Å². The van der Waals surface area contributed by atoms with Gasteiger partial charge in [-0.25, -0.2) is 4.79 Å². The maximum Gasteiger partial charge on any atom is 0.339 e. The molecule has 0 saturated heterocycles. The van der Waals surface area contributed by atoms with Gasteiger partial charge in [-0.05, 0) is 25.8 Å². The predicted molar refractivity (Wildman–Crippen MR) is 68.5 cm³/mol. The van der Waals surface area contributed by atoms with Crippen molar-refractivity contribution in [3.05, 3.63) is 23.0 Å². The van der Waals surface area contributed by atoms with E-state index in [0.29, 0.717) is 12.1 Å². The van der Waals surface area contributed by atoms with Crippen LogP contribution in [0.4, 0.5) is 0 Å². The van der Waals surface area contributed by atoms with Gasteiger partial charge in [0.1, 0.15) is 0 Å². The molecule has 0 aliphatic heterocycles. The van der Waals surface area contributed by atoms with Crippen molar-refractivity contribution in [2.45, 2.75) is 26.7 Å². The Labute approximate surface area is 107 Å². The molecule has 0 aliphatic rings. The Balaban J connectivity index is 2.74. The first kappa shape index (κ1) is 14.3. The molecule has 0 unspecified atom stereocenters. The predicted octanol–water partition coefficient (Wildman–Crippen LogP) is 1.19. The average molecular weight is 252 g/mol. The number of carbonyl (C=O) groups is 2. The maximum atomic E-state index is 11.6. The van der Waals surface area contributed by atoms with Crippen LogP contribution in [0.15, 0.2) is 6.07 Å². The third-order valence-corrected chi connectivity index (χ3v) is 2.97. The van der Waals surface area contributed by atoms with Crippen molar-refractivity contribution in [3.63, 3.8) is 0 Å². The van der Waals surface area contributed by atoms with Crippen molar-refractivity contribution < 1.29 is 14.3 Å². The van der Waals surface area contributed by atoms with Crippen LogP contribution in [0.3, 0.4) is 0 Å². The minimum Gasteiger partial charge on any atom is -0.465 e. The van der Waals surface area contributed by atoms with Crippen LogP contribution in [0.25, 0.3) is 0 Å². The van der Waals surface area contributed by atoms with Gasteiger partial charge in [-0.2, -0.15) is 0 Å². The summed E-state index contributed by atoms with van der Waals surface area (Å²) in [4.78, 5) is 22.4. The van der Waals surface area contributed by atoms with Gasteiger partial charge in [0, 0.05) is 31.9 Å². The van der Waals surface area contributed by atoms with Crippen LogP contribution in [0.5, 0.6) is 0 Å². The third-order valence-electron chi connectivity index (χ3n) is 2.97. The van der Waals surface area contributed by atoms with Gasteiger partial charge < -0.3 is 14.6 Å². The van der Waals surface area contributed by atoms with Crippen LogP contribution in [0, 0.1) is 6.92 Å². The van der Waals surface area contributed by atoms with Crippen LogP contribution in [0.1, 0.15) is 35.1 Å². The van der Waals surface area contributed by atoms with Crippen molar-refractivity contribution in [3.8, 4) is 0 Å². The number of amides is 1. The fraction of sp³-hybridized carbons (Fsp3) is 0.538. The first-order valence-electron chi connectivity index (χ1n) is 5.95. The number of nitrogens with zero attached hydrogens (tertiary/aromatic N) is 1. The Morgan fingerprint density at radius 2 is 2.11 bits per heavy atom. The lowest BCUT2D eigenvalue weighted by atomic mass is 10.1. The number of ether oxygens (including phenoxy) is 1. The van der Waals surface area contributed by atoms with E-state index < -0.39 is 0 Å². The lowest BCUT2D eigenvalue weighted by molar-refractivity contribution is -0.118. The first-order chi connectivity index (χ1) is 8.47. The Morgan fingerprint density at radius 3 is 2.67 bits per heavy atom. The SMILES string of the molecule is COC(=O)c1cc(C)n(C)c1CCCNC(C)=O. The van der Waals surface area contributed by atoms with E-state index in [1.165, 1.54) is 14.0 Å². The molecule has 0 atom stereocenters. The van der Waals surface area contributed by atoms with E-state index >= 15 is 0 Å². The molecule has 0 fully saturated rings. The van der Waals surface area contributed by atoms with Gasteiger partial charge >= 0.3 is 5.97 Å². The number of hydrogen-bond donors (Lipinski definition) is 1. The molecule has 18 heavy (non-hydrogen) atoms. The van der Waals surface area contributed by atoms with Gasteiger partial charge in [-0.15, -0.1) is 0 Å². The standard InChI is InChI=1S/C13H20N2O3/c1-9-8-11(13(17)18-4)12(15(9)3)6-5-7-14-10(2)16/h8H,5-7H2,1-4H3,(H,14,16). The molecule has 0 bridgehead atoms. The maximum absolute atomic E-state index is 11.6. The molecule has 1 amide bonds. The minimum absolute atomic E-state index is 0.0359. The number of rotatable bonds is 5. The molecular weight excluding hydrogens is 232 g/mol. The van der Waals surface area contributed by atoms with Crippen molar-refractivity contribution in [1.29, 1.82) is 0 Å². The largest absolute Gasteiger partial charge is 0.465 e. The molecule has 1 heterocycles. The topological polar surface area (TPSA) is 60.3 Å². The summed E-state index contributed by atoms with van der Waals surface area (Å²) in [7, 11) is 3.31. The number of hydrogen-bond acceptors (Lipinski definition) is 3. The zero-order chi connectivity index (χ0) is 13.7. The van der Waals surface area contributed by atoms with Gasteiger partial charge in [-0.3, -0.25) is 4.79 Å². The number of aromatic nitrogens is 1. The Bertz CT molecular complexity index is 449. The summed E-state index contributed by atoms with van der Waals surface area (Å²) in [5, 5.41) is 2.74. The van der Waals surface area contributed by atoms with E-state index in [1.54, 1.807) is 0 Å². The average Bonchev–Trinajstić information content (AvgIpc) is 2.61. The van der Waals surface area contributed by atoms with E-state index in [0.717, 1.165) is 24.2 Å². The highest BCUT2D eigenvalue weighted by atomic mass is 16.5. The smallest absolute Gasteiger partial charge is 0.339 e. The van der Waals surface area contributed by atoms with Crippen molar-refractivity contribution in [1.82, 2.24) is 9.88 Å². The van der Waals surface area contributed by atoms with Gasteiger partial charge in [0.25, 0.3) is 0 Å². The second-order valence-corrected chi connectivity index (χ2v) is 4.28. The van der Waals surface area contributed by atoms with E-state index in [-0.39, 0.29) is 11.9 Å². The second kappa shape index (κ2) is 6.23. The number of esters is 1. The molecule has 0 radical (unpaired) electrons. The van der Waals surface area contributed by atoms with Gasteiger partial charge in [0.2, 0.25) is 5.91 Å². The third kappa shape index (κ3) is 3.35. The van der Waals surface area contributed by atoms with Crippen LogP contribution in [-0.2, 0) is 23.0 Å². The lowest BCUT2D eigenvalue weighted by Gasteiger charge is -2.08. The quantitative estimate of drug-likeness (QED) is 0.632. The van der Waals surface area contributed by atoms with E-state index in [4.69, 9.17) is 4.74 Å². The summed E-state index contributed by atoms with van der Waals surface area (Å²) in [6, 6.07) is 1.83. The number of aryl methyl sites for hydroxylation is 1. The van der Waals surface area contributed by atoms with Crippen molar-refractivity contribution in [2.75, 3.05) is 13.7 Å². The fourth-order valence-corrected chi connectivity index (χ4v) is 1.89. The zero-order valence-corrected chi connectivity index (χ0v) is 11.4. The Kier molecular flexibility index (Phi) is 4.95. The monoisotopic (exact) mass is 252 g/mol. The Morgan fingerprint density at radius 1 is 1.44 bits per heavy atom. The summed E-state index contributed by atoms with van der Waals surface area (Å²) >= 11 is 0. The summed E-state index contributed by atoms with van der Waals surface area (Å²) in [5.41, 5.74) is 2.58. The highest BCUT2D eigenvalue weighted by Gasteiger charge is 2.16. The fourth-order valence-electron chi connectivity index (χ4n) is 1.89. The zero-order valence-electron chi connectivity index (χ0n) is 11.4. The highest BCUT2D eigenvalue weighted by molar-refractivity contribution is 5.91. The van der Waals surface area contributed by atoms with Crippen LogP contribution >= 0.6 is 0 Å². The van der Waals surface area contributed by atoms with Gasteiger partial charge in [-0.1, -0.05) is 0 Å². The summed E-state index contributed by atoms with van der Waals surface area (Å²) in [6.07, 6.45) is 1.52. The minimum atomic E-state index is -0.312. The van der Waals surface area contributed by atoms with Gasteiger partial charge in [0.15, 0.2) is 0 Å². The molecule has 5 nitrogen and oxygen atoms in total. The Hall–Kier alpha value is -1.78. The number of nitrogens with one attached hydrogen (secondary N) is 1. The molecule has 1 N–H and O–H groups in total. The number of carbonyl (C=O) groups excluding carboxylic acids is 2. The summed E-state index contributed by atoms with van der Waals surface area (Å²) < 4.78 is 6.75. The number of methoxy groups -OCH3 is 1. The van der Waals surface area contributed by atoms with E-state index in [2.05, 4.69) is 5.32 Å². The molecule has 5 heteroatoms. The van der Waals surface area contributed by atoms with E-state index in [9.17, 15) is 9.59 Å². The molecule has 100 valence electrons. The van der Waals surface area contributed by atoms with Gasteiger partial charge in [0.05, 0.1) is 12.7 Å². The van der Waals surface area contributed by atoms with Crippen LogP contribution in [0.2, 0.25) is 0 Å². The molecule has 1 aromatic heterocycles. The normalized spacial score (nSPS) is 10.2.